The molecule has 2 bridgehead atoms. The largest absolute Gasteiger partial charge is 0.378 e. The number of ether oxygens (including phenoxy) is 1. The van der Waals surface area contributed by atoms with Crippen LogP contribution in [0.3, 0.4) is 0 Å². The van der Waals surface area contributed by atoms with Crippen molar-refractivity contribution in [2.45, 2.75) is 65.0 Å². The number of benzene rings is 1. The zero-order valence-electron chi connectivity index (χ0n) is 15.8. The lowest BCUT2D eigenvalue weighted by atomic mass is 9.59. The van der Waals surface area contributed by atoms with E-state index in [9.17, 15) is 4.79 Å². The summed E-state index contributed by atoms with van der Waals surface area (Å²) >= 11 is 0. The van der Waals surface area contributed by atoms with E-state index < -0.39 is 0 Å². The number of rotatable bonds is 4. The minimum Gasteiger partial charge on any atom is -0.378 e. The summed E-state index contributed by atoms with van der Waals surface area (Å²) in [4.78, 5) is 12.2. The Morgan fingerprint density at radius 3 is 2.76 bits per heavy atom. The fraction of sp³-hybridized carbons (Fsp3) is 0.682. The lowest BCUT2D eigenvalue weighted by Crippen LogP contribution is -2.60. The van der Waals surface area contributed by atoms with Crippen LogP contribution in [0.1, 0.15) is 52.0 Å². The van der Waals surface area contributed by atoms with Crippen molar-refractivity contribution in [3.63, 3.8) is 0 Å². The van der Waals surface area contributed by atoms with Crippen LogP contribution in [0.25, 0.3) is 0 Å². The Morgan fingerprint density at radius 2 is 2.04 bits per heavy atom. The van der Waals surface area contributed by atoms with Gasteiger partial charge in [-0.1, -0.05) is 51.1 Å². The number of hydrogen-bond donors (Lipinski definition) is 1. The molecule has 3 fully saturated rings. The Hall–Kier alpha value is -1.35. The van der Waals surface area contributed by atoms with Crippen molar-refractivity contribution in [3.05, 3.63) is 35.9 Å². The Morgan fingerprint density at radius 1 is 1.28 bits per heavy atom. The molecule has 136 valence electrons. The number of nitrogens with one attached hydrogen (secondary N) is 1. The van der Waals surface area contributed by atoms with E-state index in [1.807, 2.05) is 6.92 Å². The third-order valence-electron chi connectivity index (χ3n) is 7.53. The molecule has 0 radical (unpaired) electrons. The van der Waals surface area contributed by atoms with E-state index >= 15 is 0 Å². The summed E-state index contributed by atoms with van der Waals surface area (Å²) in [5.41, 5.74) is 1.79. The zero-order valence-corrected chi connectivity index (χ0v) is 15.8. The van der Waals surface area contributed by atoms with Crippen LogP contribution in [0.5, 0.6) is 0 Å². The van der Waals surface area contributed by atoms with E-state index in [1.165, 1.54) is 18.4 Å². The van der Waals surface area contributed by atoms with Crippen LogP contribution in [0.4, 0.5) is 0 Å². The quantitative estimate of drug-likeness (QED) is 0.900. The minimum absolute atomic E-state index is 0.190. The van der Waals surface area contributed by atoms with Crippen molar-refractivity contribution in [1.82, 2.24) is 5.32 Å². The van der Waals surface area contributed by atoms with E-state index in [-0.39, 0.29) is 16.7 Å². The fourth-order valence-corrected chi connectivity index (χ4v) is 6.22. The van der Waals surface area contributed by atoms with Gasteiger partial charge in [0.1, 0.15) is 0 Å². The van der Waals surface area contributed by atoms with E-state index in [1.54, 1.807) is 0 Å². The number of fused-ring (bicyclic) bond motifs is 1. The molecule has 1 saturated heterocycles. The molecule has 4 rings (SSSR count). The lowest BCUT2D eigenvalue weighted by molar-refractivity contribution is -0.135. The van der Waals surface area contributed by atoms with Crippen molar-refractivity contribution in [2.75, 3.05) is 6.61 Å². The van der Waals surface area contributed by atoms with Crippen LogP contribution in [0, 0.1) is 22.7 Å². The average Bonchev–Trinajstić information content (AvgIpc) is 3.09. The molecule has 2 aliphatic carbocycles. The van der Waals surface area contributed by atoms with E-state index in [0.717, 1.165) is 19.4 Å². The second-order valence-electron chi connectivity index (χ2n) is 9.00. The number of amides is 1. The first kappa shape index (κ1) is 17.1. The number of carbonyl (C=O) groups excluding carboxylic acids is 1. The molecule has 3 heteroatoms. The summed E-state index contributed by atoms with van der Waals surface area (Å²) in [6, 6.07) is 11.0. The van der Waals surface area contributed by atoms with Gasteiger partial charge in [-0.15, -0.1) is 0 Å². The van der Waals surface area contributed by atoms with Gasteiger partial charge in [0.15, 0.2) is 0 Å². The van der Waals surface area contributed by atoms with E-state index in [0.29, 0.717) is 30.4 Å². The van der Waals surface area contributed by atoms with Gasteiger partial charge >= 0.3 is 0 Å². The van der Waals surface area contributed by atoms with Gasteiger partial charge < -0.3 is 10.1 Å². The maximum Gasteiger partial charge on any atom is 0.219 e. The maximum absolute atomic E-state index is 12.2. The molecule has 1 aliphatic heterocycles. The Labute approximate surface area is 151 Å². The van der Waals surface area contributed by atoms with Gasteiger partial charge in [0, 0.05) is 19.1 Å². The summed E-state index contributed by atoms with van der Waals surface area (Å²) < 4.78 is 6.28. The van der Waals surface area contributed by atoms with Crippen molar-refractivity contribution in [3.8, 4) is 0 Å². The topological polar surface area (TPSA) is 38.3 Å². The monoisotopic (exact) mass is 341 g/mol. The van der Waals surface area contributed by atoms with Gasteiger partial charge in [0.2, 0.25) is 5.91 Å². The molecule has 3 aliphatic rings. The molecule has 3 nitrogen and oxygen atoms in total. The summed E-state index contributed by atoms with van der Waals surface area (Å²) in [5, 5.41) is 3.43. The predicted octanol–water partition coefficient (Wildman–Crippen LogP) is 3.97. The average molecular weight is 341 g/mol. The highest BCUT2D eigenvalue weighted by molar-refractivity contribution is 5.76. The molecule has 1 aromatic rings. The molecule has 1 unspecified atom stereocenters. The smallest absolute Gasteiger partial charge is 0.219 e. The van der Waals surface area contributed by atoms with E-state index in [2.05, 4.69) is 49.5 Å². The van der Waals surface area contributed by atoms with Crippen molar-refractivity contribution < 1.29 is 9.53 Å². The fourth-order valence-electron chi connectivity index (χ4n) is 6.22. The first-order valence-electron chi connectivity index (χ1n) is 9.92. The lowest BCUT2D eigenvalue weighted by Gasteiger charge is -2.53. The first-order chi connectivity index (χ1) is 12.0. The Bertz CT molecular complexity index is 641. The molecule has 5 atom stereocenters. The Balaban J connectivity index is 1.61. The SMILES string of the molecule is CCC(=O)N[C@@H]1C(C)(C)[C@@H]2C[C@@H]3[C@@H](Cc4ccccc4)OCCC31C2. The number of carbonyl (C=O) groups is 1. The molecule has 1 spiro atoms. The predicted molar refractivity (Wildman–Crippen MR) is 99.2 cm³/mol. The highest BCUT2D eigenvalue weighted by atomic mass is 16.5. The van der Waals surface area contributed by atoms with E-state index in [4.69, 9.17) is 4.74 Å². The third kappa shape index (κ3) is 2.63. The molecular formula is C22H31NO2. The van der Waals surface area contributed by atoms with Crippen LogP contribution in [0.2, 0.25) is 0 Å². The Kier molecular flexibility index (Phi) is 4.18. The van der Waals surface area contributed by atoms with Gasteiger partial charge in [0.05, 0.1) is 6.10 Å². The van der Waals surface area contributed by atoms with Crippen LogP contribution < -0.4 is 5.32 Å². The van der Waals surface area contributed by atoms with Crippen LogP contribution in [-0.4, -0.2) is 24.7 Å². The van der Waals surface area contributed by atoms with Crippen molar-refractivity contribution >= 4 is 5.91 Å². The number of hydrogen-bond acceptors (Lipinski definition) is 2. The van der Waals surface area contributed by atoms with Crippen molar-refractivity contribution in [1.29, 1.82) is 0 Å². The minimum atomic E-state index is 0.190. The molecule has 1 amide bonds. The third-order valence-corrected chi connectivity index (χ3v) is 7.53. The molecule has 2 saturated carbocycles. The summed E-state index contributed by atoms with van der Waals surface area (Å²) in [7, 11) is 0. The van der Waals surface area contributed by atoms with Crippen LogP contribution in [0.15, 0.2) is 30.3 Å². The highest BCUT2D eigenvalue weighted by Gasteiger charge is 2.68. The summed E-state index contributed by atoms with van der Waals surface area (Å²) in [6.45, 7) is 7.51. The summed E-state index contributed by atoms with van der Waals surface area (Å²) in [6.07, 6.45) is 5.46. The molecule has 0 aromatic heterocycles. The van der Waals surface area contributed by atoms with Gasteiger partial charge in [0.25, 0.3) is 0 Å². The second-order valence-corrected chi connectivity index (χ2v) is 9.00. The van der Waals surface area contributed by atoms with Crippen LogP contribution >= 0.6 is 0 Å². The normalized spacial score (nSPS) is 38.4. The van der Waals surface area contributed by atoms with Gasteiger partial charge in [-0.05, 0) is 53.9 Å². The summed E-state index contributed by atoms with van der Waals surface area (Å²) in [5.74, 6) is 1.46. The molecular weight excluding hydrogens is 310 g/mol. The van der Waals surface area contributed by atoms with Crippen molar-refractivity contribution in [2.24, 2.45) is 22.7 Å². The second kappa shape index (κ2) is 6.12. The highest BCUT2D eigenvalue weighted by Crippen LogP contribution is 2.68. The van der Waals surface area contributed by atoms with Gasteiger partial charge in [-0.25, -0.2) is 0 Å². The van der Waals surface area contributed by atoms with Gasteiger partial charge in [-0.3, -0.25) is 4.79 Å². The van der Waals surface area contributed by atoms with Crippen LogP contribution in [-0.2, 0) is 16.0 Å². The molecule has 25 heavy (non-hydrogen) atoms. The maximum atomic E-state index is 12.2. The van der Waals surface area contributed by atoms with Gasteiger partial charge in [-0.2, -0.15) is 0 Å². The first-order valence-corrected chi connectivity index (χ1v) is 9.92. The molecule has 1 heterocycles. The zero-order chi connectivity index (χ0) is 17.7. The molecule has 1 N–H and O–H groups in total. The standard InChI is InChI=1S/C22H31NO2/c1-4-19(24)23-20-21(2,3)16-13-17-18(12-15-8-6-5-7-9-15)25-11-10-22(17,20)14-16/h5-9,16-18,20H,4,10-14H2,1-3H3,(H,23,24)/t16-,17-,18-,20-,22?/m1/s1. The molecule has 1 aromatic carbocycles.